The monoisotopic (exact) mass is 128 g/mol. The minimum Gasteiger partial charge on any atom is -0.247 e. The van der Waals surface area contributed by atoms with Crippen LogP contribution in [0.15, 0.2) is 12.2 Å². The van der Waals surface area contributed by atoms with Gasteiger partial charge in [0.05, 0.1) is 0 Å². The van der Waals surface area contributed by atoms with Gasteiger partial charge in [-0.05, 0) is 0 Å². The van der Waals surface area contributed by atoms with Gasteiger partial charge in [0.2, 0.25) is 0 Å². The molecule has 0 saturated carbocycles. The average Bonchev–Trinajstić information content (AvgIpc) is 1.84. The molecule has 0 rings (SSSR count). The molecule has 1 unspecified atom stereocenters. The van der Waals surface area contributed by atoms with Crippen LogP contribution in [-0.2, 0) is 0 Å². The van der Waals surface area contributed by atoms with E-state index in [0.717, 1.165) is 0 Å². The smallest absolute Gasteiger partial charge is 0.182 e. The Morgan fingerprint density at radius 3 is 2.25 bits per heavy atom. The first-order valence-electron chi connectivity index (χ1n) is 1.88. The van der Waals surface area contributed by atoms with E-state index in [1.165, 1.54) is 0 Å². The van der Waals surface area contributed by atoms with E-state index in [-0.39, 0.29) is 0 Å². The first-order chi connectivity index (χ1) is 3.72. The quantitative estimate of drug-likeness (QED) is 0.499. The van der Waals surface area contributed by atoms with E-state index in [0.29, 0.717) is 0 Å². The van der Waals surface area contributed by atoms with Crippen molar-refractivity contribution in [2.24, 2.45) is 0 Å². The van der Waals surface area contributed by atoms with Crippen molar-refractivity contribution < 1.29 is 17.6 Å². The molecule has 0 N–H and O–H groups in total. The van der Waals surface area contributed by atoms with Crippen LogP contribution in [-0.4, -0.2) is 12.8 Å². The Morgan fingerprint density at radius 1 is 1.62 bits per heavy atom. The first kappa shape index (κ1) is 7.46. The standard InChI is InChI=1S/C4H4F4/c5-1-3(7)4(8)2-6/h1,4H,2H2. The second-order valence-corrected chi connectivity index (χ2v) is 1.12. The summed E-state index contributed by atoms with van der Waals surface area (Å²) in [6.45, 7) is -1.52. The molecule has 0 aromatic heterocycles. The Hall–Kier alpha value is -0.540. The zero-order valence-corrected chi connectivity index (χ0v) is 3.87. The lowest BCUT2D eigenvalue weighted by molar-refractivity contribution is 0.257. The van der Waals surface area contributed by atoms with Gasteiger partial charge < -0.3 is 0 Å². The zero-order chi connectivity index (χ0) is 6.57. The van der Waals surface area contributed by atoms with Gasteiger partial charge in [0, 0.05) is 0 Å². The van der Waals surface area contributed by atoms with E-state index in [9.17, 15) is 17.6 Å². The molecule has 0 amide bonds. The third-order valence-corrected chi connectivity index (χ3v) is 0.539. The average molecular weight is 128 g/mol. The summed E-state index contributed by atoms with van der Waals surface area (Å²) in [5, 5.41) is 0. The molecule has 0 aromatic rings. The lowest BCUT2D eigenvalue weighted by Gasteiger charge is -1.93. The second kappa shape index (κ2) is 3.46. The van der Waals surface area contributed by atoms with Gasteiger partial charge in [0.15, 0.2) is 12.0 Å². The summed E-state index contributed by atoms with van der Waals surface area (Å²) in [4.78, 5) is 0. The van der Waals surface area contributed by atoms with E-state index in [4.69, 9.17) is 0 Å². The van der Waals surface area contributed by atoms with Crippen molar-refractivity contribution in [3.63, 3.8) is 0 Å². The van der Waals surface area contributed by atoms with Crippen molar-refractivity contribution in [2.75, 3.05) is 6.67 Å². The molecule has 48 valence electrons. The second-order valence-electron chi connectivity index (χ2n) is 1.12. The number of hydrogen-bond donors (Lipinski definition) is 0. The molecule has 0 spiro atoms. The fourth-order valence-corrected chi connectivity index (χ4v) is 0.142. The SMILES string of the molecule is FC=C(F)C(F)CF. The Morgan fingerprint density at radius 2 is 2.12 bits per heavy atom. The zero-order valence-electron chi connectivity index (χ0n) is 3.87. The van der Waals surface area contributed by atoms with E-state index < -0.39 is 25.0 Å². The van der Waals surface area contributed by atoms with Gasteiger partial charge in [0.1, 0.15) is 13.0 Å². The molecular weight excluding hydrogens is 124 g/mol. The molecule has 0 fully saturated rings. The van der Waals surface area contributed by atoms with Crippen LogP contribution < -0.4 is 0 Å². The summed E-state index contributed by atoms with van der Waals surface area (Å²) in [6.07, 6.45) is -3.02. The summed E-state index contributed by atoms with van der Waals surface area (Å²) in [7, 11) is 0. The lowest BCUT2D eigenvalue weighted by atomic mass is 10.4. The summed E-state index contributed by atoms with van der Waals surface area (Å²) < 4.78 is 44.7. The predicted octanol–water partition coefficient (Wildman–Crippen LogP) is 2.07. The van der Waals surface area contributed by atoms with E-state index in [2.05, 4.69) is 0 Å². The maximum absolute atomic E-state index is 11.5. The highest BCUT2D eigenvalue weighted by atomic mass is 19.2. The number of allylic oxidation sites excluding steroid dienone is 1. The van der Waals surface area contributed by atoms with E-state index in [1.807, 2.05) is 0 Å². The largest absolute Gasteiger partial charge is 0.247 e. The molecule has 0 radical (unpaired) electrons. The van der Waals surface area contributed by atoms with Crippen molar-refractivity contribution in [1.29, 1.82) is 0 Å². The number of hydrogen-bond acceptors (Lipinski definition) is 0. The van der Waals surface area contributed by atoms with Crippen LogP contribution in [0.3, 0.4) is 0 Å². The molecule has 4 heteroatoms. The Balaban J connectivity index is 3.63. The van der Waals surface area contributed by atoms with Crippen molar-refractivity contribution in [2.45, 2.75) is 6.17 Å². The van der Waals surface area contributed by atoms with Gasteiger partial charge in [-0.3, -0.25) is 0 Å². The molecule has 0 nitrogen and oxygen atoms in total. The van der Waals surface area contributed by atoms with Crippen LogP contribution in [0.25, 0.3) is 0 Å². The van der Waals surface area contributed by atoms with Crippen LogP contribution in [0, 0.1) is 0 Å². The fraction of sp³-hybridized carbons (Fsp3) is 0.500. The lowest BCUT2D eigenvalue weighted by Crippen LogP contribution is -2.01. The molecule has 0 aliphatic rings. The van der Waals surface area contributed by atoms with Gasteiger partial charge in [-0.2, -0.15) is 0 Å². The topological polar surface area (TPSA) is 0 Å². The summed E-state index contributed by atoms with van der Waals surface area (Å²) >= 11 is 0. The van der Waals surface area contributed by atoms with Crippen molar-refractivity contribution in [3.05, 3.63) is 12.2 Å². The van der Waals surface area contributed by atoms with Crippen LogP contribution in [0.1, 0.15) is 0 Å². The van der Waals surface area contributed by atoms with Crippen molar-refractivity contribution in [3.8, 4) is 0 Å². The van der Waals surface area contributed by atoms with Gasteiger partial charge in [-0.15, -0.1) is 0 Å². The van der Waals surface area contributed by atoms with E-state index in [1.54, 1.807) is 0 Å². The maximum Gasteiger partial charge on any atom is 0.182 e. The van der Waals surface area contributed by atoms with Gasteiger partial charge >= 0.3 is 0 Å². The molecule has 0 saturated heterocycles. The van der Waals surface area contributed by atoms with Crippen LogP contribution in [0.4, 0.5) is 17.6 Å². The minimum absolute atomic E-state index is 0.593. The Bertz CT molecular complexity index is 88.0. The van der Waals surface area contributed by atoms with E-state index >= 15 is 0 Å². The third kappa shape index (κ3) is 1.95. The van der Waals surface area contributed by atoms with Gasteiger partial charge in [-0.1, -0.05) is 0 Å². The molecule has 1 atom stereocenters. The summed E-state index contributed by atoms with van der Waals surface area (Å²) in [5.41, 5.74) is 0. The number of rotatable bonds is 2. The highest BCUT2D eigenvalue weighted by Crippen LogP contribution is 2.08. The van der Waals surface area contributed by atoms with Crippen LogP contribution in [0.5, 0.6) is 0 Å². The number of alkyl halides is 2. The molecule has 8 heavy (non-hydrogen) atoms. The van der Waals surface area contributed by atoms with Crippen LogP contribution >= 0.6 is 0 Å². The first-order valence-corrected chi connectivity index (χ1v) is 1.88. The molecule has 0 aliphatic heterocycles. The highest BCUT2D eigenvalue weighted by molar-refractivity contribution is 4.92. The molecule has 0 bridgehead atoms. The van der Waals surface area contributed by atoms with Gasteiger partial charge in [0.25, 0.3) is 0 Å². The molecular formula is C4H4F4. The summed E-state index contributed by atoms with van der Waals surface area (Å²) in [6, 6.07) is 0. The molecule has 0 heterocycles. The minimum atomic E-state index is -2.43. The highest BCUT2D eigenvalue weighted by Gasteiger charge is 2.11. The van der Waals surface area contributed by atoms with Crippen molar-refractivity contribution in [1.82, 2.24) is 0 Å². The third-order valence-electron chi connectivity index (χ3n) is 0.539. The predicted molar refractivity (Wildman–Crippen MR) is 21.2 cm³/mol. The normalized spacial score (nSPS) is 16.2. The fourth-order valence-electron chi connectivity index (χ4n) is 0.142. The Kier molecular flexibility index (Phi) is 3.23. The number of halogens is 4. The van der Waals surface area contributed by atoms with Gasteiger partial charge in [-0.25, -0.2) is 17.6 Å². The molecule has 0 aliphatic carbocycles. The maximum atomic E-state index is 11.5. The Labute approximate surface area is 43.8 Å². The van der Waals surface area contributed by atoms with Crippen LogP contribution in [0.2, 0.25) is 0 Å². The van der Waals surface area contributed by atoms with Crippen molar-refractivity contribution >= 4 is 0 Å². The molecule has 0 aromatic carbocycles. The summed E-state index contributed by atoms with van der Waals surface area (Å²) in [5.74, 6) is -1.70.